The second-order valence-electron chi connectivity index (χ2n) is 4.97. The van der Waals surface area contributed by atoms with Gasteiger partial charge in [0.25, 0.3) is 0 Å². The zero-order valence-corrected chi connectivity index (χ0v) is 10.4. The van der Waals surface area contributed by atoms with Crippen LogP contribution in [-0.2, 0) is 0 Å². The van der Waals surface area contributed by atoms with Gasteiger partial charge in [-0.1, -0.05) is 12.1 Å². The summed E-state index contributed by atoms with van der Waals surface area (Å²) in [5.74, 6) is 0.868. The van der Waals surface area contributed by atoms with Gasteiger partial charge in [-0.2, -0.15) is 0 Å². The monoisotopic (exact) mass is 250 g/mol. The quantitative estimate of drug-likeness (QED) is 0.750. The van der Waals surface area contributed by atoms with E-state index < -0.39 is 0 Å². The molecule has 94 valence electrons. The molecule has 2 aromatic heterocycles. The Hall–Kier alpha value is -2.36. The molecule has 1 aliphatic rings. The third-order valence-electron chi connectivity index (χ3n) is 3.46. The zero-order valence-electron chi connectivity index (χ0n) is 10.4. The SMILES string of the molecule is c1cc(-c2ccc(NC3CC3)nn2)c2cc[nH]c2c1. The van der Waals surface area contributed by atoms with Crippen LogP contribution in [0.15, 0.2) is 42.6 Å². The molecule has 0 aliphatic heterocycles. The average molecular weight is 250 g/mol. The van der Waals surface area contributed by atoms with Crippen LogP contribution in [0.2, 0.25) is 0 Å². The third kappa shape index (κ3) is 1.95. The largest absolute Gasteiger partial charge is 0.366 e. The standard InChI is InChI=1S/C15H14N4/c1-2-11(12-8-9-16-13(12)3-1)14-6-7-15(19-18-14)17-10-4-5-10/h1-3,6-10,16H,4-5H2,(H,17,19). The lowest BCUT2D eigenvalue weighted by Gasteiger charge is -2.05. The van der Waals surface area contributed by atoms with Crippen molar-refractivity contribution in [3.63, 3.8) is 0 Å². The molecular formula is C15H14N4. The smallest absolute Gasteiger partial charge is 0.148 e. The van der Waals surface area contributed by atoms with Gasteiger partial charge in [-0.15, -0.1) is 10.2 Å². The number of benzene rings is 1. The molecule has 1 aromatic carbocycles. The summed E-state index contributed by atoms with van der Waals surface area (Å²) in [7, 11) is 0. The van der Waals surface area contributed by atoms with Crippen molar-refractivity contribution in [3.05, 3.63) is 42.6 Å². The predicted molar refractivity (Wildman–Crippen MR) is 76.0 cm³/mol. The van der Waals surface area contributed by atoms with E-state index in [2.05, 4.69) is 38.7 Å². The van der Waals surface area contributed by atoms with E-state index in [-0.39, 0.29) is 0 Å². The summed E-state index contributed by atoms with van der Waals surface area (Å²) in [4.78, 5) is 3.21. The molecule has 0 amide bonds. The predicted octanol–water partition coefficient (Wildman–Crippen LogP) is 3.20. The first-order chi connectivity index (χ1) is 9.40. The molecule has 2 heterocycles. The molecule has 4 nitrogen and oxygen atoms in total. The van der Waals surface area contributed by atoms with Crippen molar-refractivity contribution >= 4 is 16.7 Å². The van der Waals surface area contributed by atoms with Crippen LogP contribution in [0, 0.1) is 0 Å². The molecule has 0 bridgehead atoms. The van der Waals surface area contributed by atoms with Gasteiger partial charge in [0.05, 0.1) is 5.69 Å². The molecule has 0 unspecified atom stereocenters. The first-order valence-corrected chi connectivity index (χ1v) is 6.57. The van der Waals surface area contributed by atoms with Crippen molar-refractivity contribution in [2.24, 2.45) is 0 Å². The summed E-state index contributed by atoms with van der Waals surface area (Å²) in [6.45, 7) is 0. The van der Waals surface area contributed by atoms with Gasteiger partial charge in [-0.05, 0) is 37.1 Å². The van der Waals surface area contributed by atoms with Crippen LogP contribution >= 0.6 is 0 Å². The summed E-state index contributed by atoms with van der Waals surface area (Å²) in [6.07, 6.45) is 4.43. The van der Waals surface area contributed by atoms with E-state index in [1.807, 2.05) is 24.4 Å². The number of rotatable bonds is 3. The fraction of sp³-hybridized carbons (Fsp3) is 0.200. The lowest BCUT2D eigenvalue weighted by Crippen LogP contribution is -2.03. The van der Waals surface area contributed by atoms with Crippen LogP contribution in [0.3, 0.4) is 0 Å². The number of anilines is 1. The molecule has 3 aromatic rings. The Morgan fingerprint density at radius 1 is 1.05 bits per heavy atom. The fourth-order valence-electron chi connectivity index (χ4n) is 2.30. The first kappa shape index (κ1) is 10.6. The van der Waals surface area contributed by atoms with Crippen LogP contribution in [0.25, 0.3) is 22.2 Å². The maximum atomic E-state index is 4.33. The lowest BCUT2D eigenvalue weighted by atomic mass is 10.1. The maximum Gasteiger partial charge on any atom is 0.148 e. The van der Waals surface area contributed by atoms with Crippen molar-refractivity contribution in [2.45, 2.75) is 18.9 Å². The maximum absolute atomic E-state index is 4.33. The second-order valence-corrected chi connectivity index (χ2v) is 4.97. The van der Waals surface area contributed by atoms with Gasteiger partial charge in [-0.3, -0.25) is 0 Å². The van der Waals surface area contributed by atoms with Gasteiger partial charge in [0.1, 0.15) is 5.82 Å². The Morgan fingerprint density at radius 3 is 2.79 bits per heavy atom. The summed E-state index contributed by atoms with van der Waals surface area (Å²) in [6, 6.07) is 12.9. The van der Waals surface area contributed by atoms with Crippen molar-refractivity contribution in [1.82, 2.24) is 15.2 Å². The normalized spacial score (nSPS) is 14.7. The van der Waals surface area contributed by atoms with E-state index in [0.717, 1.165) is 22.6 Å². The van der Waals surface area contributed by atoms with Crippen molar-refractivity contribution < 1.29 is 0 Å². The Kier molecular flexibility index (Phi) is 2.27. The van der Waals surface area contributed by atoms with E-state index in [4.69, 9.17) is 0 Å². The van der Waals surface area contributed by atoms with E-state index in [9.17, 15) is 0 Å². The first-order valence-electron chi connectivity index (χ1n) is 6.57. The Bertz CT molecular complexity index is 710. The molecule has 1 fully saturated rings. The number of fused-ring (bicyclic) bond motifs is 1. The fourth-order valence-corrected chi connectivity index (χ4v) is 2.30. The van der Waals surface area contributed by atoms with Crippen molar-refractivity contribution in [1.29, 1.82) is 0 Å². The zero-order chi connectivity index (χ0) is 12.7. The molecule has 0 spiro atoms. The number of nitrogens with one attached hydrogen (secondary N) is 2. The molecule has 19 heavy (non-hydrogen) atoms. The van der Waals surface area contributed by atoms with Crippen LogP contribution in [0.5, 0.6) is 0 Å². The molecule has 1 saturated carbocycles. The summed E-state index contributed by atoms with van der Waals surface area (Å²) in [5.41, 5.74) is 3.15. The van der Waals surface area contributed by atoms with E-state index >= 15 is 0 Å². The number of aromatic nitrogens is 3. The number of nitrogens with zero attached hydrogens (tertiary/aromatic N) is 2. The van der Waals surface area contributed by atoms with Gasteiger partial charge in [-0.25, -0.2) is 0 Å². The molecule has 4 heteroatoms. The van der Waals surface area contributed by atoms with Crippen LogP contribution < -0.4 is 5.32 Å². The Balaban J connectivity index is 1.72. The molecule has 2 N–H and O–H groups in total. The number of hydrogen-bond acceptors (Lipinski definition) is 3. The summed E-state index contributed by atoms with van der Waals surface area (Å²) < 4.78 is 0. The van der Waals surface area contributed by atoms with Crippen molar-refractivity contribution in [2.75, 3.05) is 5.32 Å². The van der Waals surface area contributed by atoms with Crippen molar-refractivity contribution in [3.8, 4) is 11.3 Å². The number of aromatic amines is 1. The molecule has 1 aliphatic carbocycles. The van der Waals surface area contributed by atoms with Gasteiger partial charge < -0.3 is 10.3 Å². The molecule has 0 atom stereocenters. The topological polar surface area (TPSA) is 53.6 Å². The third-order valence-corrected chi connectivity index (χ3v) is 3.46. The molecule has 0 saturated heterocycles. The van der Waals surface area contributed by atoms with Gasteiger partial charge >= 0.3 is 0 Å². The average Bonchev–Trinajstić information content (AvgIpc) is 3.13. The highest BCUT2D eigenvalue weighted by Gasteiger charge is 2.21. The Morgan fingerprint density at radius 2 is 2.00 bits per heavy atom. The number of H-pyrrole nitrogens is 1. The van der Waals surface area contributed by atoms with Crippen LogP contribution in [0.1, 0.15) is 12.8 Å². The molecular weight excluding hydrogens is 236 g/mol. The van der Waals surface area contributed by atoms with E-state index in [0.29, 0.717) is 6.04 Å². The van der Waals surface area contributed by atoms with Gasteiger partial charge in [0, 0.05) is 28.7 Å². The minimum Gasteiger partial charge on any atom is -0.366 e. The minimum absolute atomic E-state index is 0.605. The Labute approximate surface area is 110 Å². The molecule has 4 rings (SSSR count). The number of hydrogen-bond donors (Lipinski definition) is 2. The highest BCUT2D eigenvalue weighted by molar-refractivity contribution is 5.94. The lowest BCUT2D eigenvalue weighted by molar-refractivity contribution is 1.00. The van der Waals surface area contributed by atoms with E-state index in [1.54, 1.807) is 0 Å². The molecule has 0 radical (unpaired) electrons. The van der Waals surface area contributed by atoms with Crippen LogP contribution in [-0.4, -0.2) is 21.2 Å². The minimum atomic E-state index is 0.605. The van der Waals surface area contributed by atoms with E-state index in [1.165, 1.54) is 18.2 Å². The van der Waals surface area contributed by atoms with Gasteiger partial charge in [0.15, 0.2) is 0 Å². The summed E-state index contributed by atoms with van der Waals surface area (Å²) in [5, 5.41) is 13.1. The highest BCUT2D eigenvalue weighted by atomic mass is 15.2. The van der Waals surface area contributed by atoms with Crippen LogP contribution in [0.4, 0.5) is 5.82 Å². The highest BCUT2D eigenvalue weighted by Crippen LogP contribution is 2.27. The van der Waals surface area contributed by atoms with Gasteiger partial charge in [0.2, 0.25) is 0 Å². The second kappa shape index (κ2) is 4.09. The summed E-state index contributed by atoms with van der Waals surface area (Å²) >= 11 is 0.